The van der Waals surface area contributed by atoms with Crippen molar-refractivity contribution in [2.45, 2.75) is 58.2 Å². The summed E-state index contributed by atoms with van der Waals surface area (Å²) in [7, 11) is 1.41. The van der Waals surface area contributed by atoms with E-state index >= 15 is 0 Å². The summed E-state index contributed by atoms with van der Waals surface area (Å²) in [5.41, 5.74) is 4.40. The number of halogens is 1. The Hall–Kier alpha value is -2.28. The minimum absolute atomic E-state index is 0.298. The Morgan fingerprint density at radius 3 is 2.15 bits per heavy atom. The Balaban J connectivity index is 1.33. The molecule has 0 unspecified atom stereocenters. The van der Waals surface area contributed by atoms with Crippen molar-refractivity contribution in [3.63, 3.8) is 0 Å². The Labute approximate surface area is 197 Å². The minimum Gasteiger partial charge on any atom is -0.465 e. The summed E-state index contributed by atoms with van der Waals surface area (Å²) in [4.78, 5) is 18.9. The minimum atomic E-state index is -0.669. The first-order chi connectivity index (χ1) is 15.9. The maximum Gasteiger partial charge on any atom is 0.337 e. The highest BCUT2D eigenvalue weighted by atomic mass is 19.1. The molecule has 0 amide bonds. The maximum absolute atomic E-state index is 13.5. The number of hydrogen-bond acceptors (Lipinski definition) is 5. The fourth-order valence-corrected chi connectivity index (χ4v) is 5.25. The zero-order valence-electron chi connectivity index (χ0n) is 20.0. The molecule has 178 valence electrons. The number of carbonyl (C=O) groups excluding carboxylic acids is 1. The number of rotatable bonds is 7. The molecule has 2 heterocycles. The van der Waals surface area contributed by atoms with Gasteiger partial charge in [0.05, 0.1) is 12.7 Å². The lowest BCUT2D eigenvalue weighted by Crippen LogP contribution is -2.55. The first-order valence-electron chi connectivity index (χ1n) is 12.0. The smallest absolute Gasteiger partial charge is 0.337 e. The standard InChI is InChI=1S/C27H36FN3O2/c1-20-14-30(16-22-7-9-25(10-8-22)27(32)33-3)15-21(2)31(20)18-24-6-4-5-23(13-24)17-29-12-11-26(28)19-29/h4-10,13,20-21,26H,11-12,14-19H2,1-3H3/t20-,21+,26-/m1/s1. The Bertz CT molecular complexity index is 923. The van der Waals surface area contributed by atoms with Gasteiger partial charge in [-0.3, -0.25) is 14.7 Å². The number of likely N-dealkylation sites (tertiary alicyclic amines) is 1. The van der Waals surface area contributed by atoms with Gasteiger partial charge in [0.15, 0.2) is 0 Å². The number of nitrogens with zero attached hydrogens (tertiary/aromatic N) is 3. The highest BCUT2D eigenvalue weighted by Crippen LogP contribution is 2.22. The molecular weight excluding hydrogens is 417 g/mol. The second-order valence-corrected chi connectivity index (χ2v) is 9.69. The van der Waals surface area contributed by atoms with Crippen molar-refractivity contribution >= 4 is 5.97 Å². The van der Waals surface area contributed by atoms with Gasteiger partial charge in [0.2, 0.25) is 0 Å². The molecule has 2 fully saturated rings. The van der Waals surface area contributed by atoms with Gasteiger partial charge >= 0.3 is 5.97 Å². The zero-order valence-corrected chi connectivity index (χ0v) is 20.0. The van der Waals surface area contributed by atoms with Crippen molar-refractivity contribution in [1.82, 2.24) is 14.7 Å². The molecule has 0 aliphatic carbocycles. The Morgan fingerprint density at radius 1 is 0.909 bits per heavy atom. The van der Waals surface area contributed by atoms with Gasteiger partial charge in [0, 0.05) is 57.9 Å². The van der Waals surface area contributed by atoms with Gasteiger partial charge in [-0.2, -0.15) is 0 Å². The fourth-order valence-electron chi connectivity index (χ4n) is 5.25. The third kappa shape index (κ3) is 6.19. The first-order valence-corrected chi connectivity index (χ1v) is 12.0. The van der Waals surface area contributed by atoms with E-state index in [-0.39, 0.29) is 5.97 Å². The number of methoxy groups -OCH3 is 1. The van der Waals surface area contributed by atoms with E-state index in [4.69, 9.17) is 4.74 Å². The number of piperazine rings is 1. The normalized spacial score (nSPS) is 24.8. The number of ether oxygens (including phenoxy) is 1. The van der Waals surface area contributed by atoms with Gasteiger partial charge in [-0.15, -0.1) is 0 Å². The summed E-state index contributed by atoms with van der Waals surface area (Å²) in [5.74, 6) is -0.298. The molecule has 0 N–H and O–H groups in total. The van der Waals surface area contributed by atoms with E-state index in [9.17, 15) is 9.18 Å². The van der Waals surface area contributed by atoms with Crippen molar-refractivity contribution in [3.8, 4) is 0 Å². The highest BCUT2D eigenvalue weighted by Gasteiger charge is 2.29. The molecule has 5 nitrogen and oxygen atoms in total. The van der Waals surface area contributed by atoms with Gasteiger partial charge in [-0.25, -0.2) is 9.18 Å². The van der Waals surface area contributed by atoms with E-state index in [0.717, 1.165) is 39.3 Å². The molecule has 3 atom stereocenters. The molecule has 33 heavy (non-hydrogen) atoms. The van der Waals surface area contributed by atoms with Crippen molar-refractivity contribution < 1.29 is 13.9 Å². The summed E-state index contributed by atoms with van der Waals surface area (Å²) in [6.45, 7) is 10.7. The molecule has 2 aliphatic heterocycles. The molecule has 0 saturated carbocycles. The van der Waals surface area contributed by atoms with Crippen LogP contribution in [-0.4, -0.2) is 72.2 Å². The van der Waals surface area contributed by atoms with Crippen LogP contribution in [0.25, 0.3) is 0 Å². The number of hydrogen-bond donors (Lipinski definition) is 0. The van der Waals surface area contributed by atoms with Gasteiger partial charge in [0.1, 0.15) is 6.17 Å². The predicted octanol–water partition coefficient (Wildman–Crippen LogP) is 4.11. The van der Waals surface area contributed by atoms with Crippen molar-refractivity contribution in [2.75, 3.05) is 33.3 Å². The van der Waals surface area contributed by atoms with E-state index < -0.39 is 6.17 Å². The van der Waals surface area contributed by atoms with Crippen LogP contribution in [0, 0.1) is 0 Å². The molecule has 2 aromatic carbocycles. The Kier molecular flexibility index (Phi) is 7.78. The van der Waals surface area contributed by atoms with Crippen molar-refractivity contribution in [3.05, 3.63) is 70.8 Å². The summed E-state index contributed by atoms with van der Waals surface area (Å²) in [6, 6.07) is 17.4. The monoisotopic (exact) mass is 453 g/mol. The average Bonchev–Trinajstić information content (AvgIpc) is 3.21. The average molecular weight is 454 g/mol. The number of carbonyl (C=O) groups is 1. The second-order valence-electron chi connectivity index (χ2n) is 9.69. The summed E-state index contributed by atoms with van der Waals surface area (Å²) in [5, 5.41) is 0. The third-order valence-electron chi connectivity index (χ3n) is 6.94. The quantitative estimate of drug-likeness (QED) is 0.590. The van der Waals surface area contributed by atoms with Crippen LogP contribution in [0.4, 0.5) is 4.39 Å². The predicted molar refractivity (Wildman–Crippen MR) is 129 cm³/mol. The third-order valence-corrected chi connectivity index (χ3v) is 6.94. The zero-order chi connectivity index (χ0) is 23.4. The molecule has 0 bridgehead atoms. The molecule has 0 aromatic heterocycles. The van der Waals surface area contributed by atoms with E-state index in [1.807, 2.05) is 24.3 Å². The van der Waals surface area contributed by atoms with Crippen molar-refractivity contribution in [1.29, 1.82) is 0 Å². The molecular formula is C27H36FN3O2. The summed E-state index contributed by atoms with van der Waals surface area (Å²) >= 11 is 0. The van der Waals surface area contributed by atoms with Crippen LogP contribution >= 0.6 is 0 Å². The summed E-state index contributed by atoms with van der Waals surface area (Å²) < 4.78 is 18.3. The van der Waals surface area contributed by atoms with Gasteiger partial charge < -0.3 is 4.74 Å². The topological polar surface area (TPSA) is 36.0 Å². The molecule has 2 aromatic rings. The van der Waals surface area contributed by atoms with Crippen LogP contribution in [-0.2, 0) is 24.4 Å². The van der Waals surface area contributed by atoms with E-state index in [1.54, 1.807) is 0 Å². The van der Waals surface area contributed by atoms with Crippen LogP contribution in [0.2, 0.25) is 0 Å². The van der Waals surface area contributed by atoms with Crippen LogP contribution in [0.3, 0.4) is 0 Å². The first kappa shape index (κ1) is 23.9. The van der Waals surface area contributed by atoms with Crippen LogP contribution in [0.1, 0.15) is 47.3 Å². The second kappa shape index (κ2) is 10.8. The summed E-state index contributed by atoms with van der Waals surface area (Å²) in [6.07, 6.45) is -0.00835. The van der Waals surface area contributed by atoms with Crippen LogP contribution in [0.15, 0.2) is 48.5 Å². The molecule has 4 rings (SSSR count). The van der Waals surface area contributed by atoms with Crippen LogP contribution in [0.5, 0.6) is 0 Å². The fraction of sp³-hybridized carbons (Fsp3) is 0.519. The van der Waals surface area contributed by atoms with E-state index in [2.05, 4.69) is 52.8 Å². The van der Waals surface area contributed by atoms with E-state index in [0.29, 0.717) is 30.6 Å². The molecule has 2 saturated heterocycles. The lowest BCUT2D eigenvalue weighted by Gasteiger charge is -2.44. The Morgan fingerprint density at radius 2 is 1.55 bits per heavy atom. The lowest BCUT2D eigenvalue weighted by molar-refractivity contribution is 0.0290. The molecule has 0 radical (unpaired) electrons. The lowest BCUT2D eigenvalue weighted by atomic mass is 10.0. The van der Waals surface area contributed by atoms with Gasteiger partial charge in [-0.1, -0.05) is 36.4 Å². The molecule has 2 aliphatic rings. The number of benzene rings is 2. The maximum atomic E-state index is 13.5. The van der Waals surface area contributed by atoms with Gasteiger partial charge in [-0.05, 0) is 49.1 Å². The van der Waals surface area contributed by atoms with Gasteiger partial charge in [0.25, 0.3) is 0 Å². The largest absolute Gasteiger partial charge is 0.465 e. The van der Waals surface area contributed by atoms with Crippen LogP contribution < -0.4 is 0 Å². The van der Waals surface area contributed by atoms with E-state index in [1.165, 1.54) is 23.8 Å². The highest BCUT2D eigenvalue weighted by molar-refractivity contribution is 5.89. The molecule has 0 spiro atoms. The number of esters is 1. The SMILES string of the molecule is COC(=O)c1ccc(CN2C[C@@H](C)N(Cc3cccc(CN4CC[C@@H](F)C4)c3)[C@@H](C)C2)cc1. The van der Waals surface area contributed by atoms with Crippen molar-refractivity contribution in [2.24, 2.45) is 0 Å². The molecule has 6 heteroatoms. The number of alkyl halides is 1.